The van der Waals surface area contributed by atoms with E-state index in [9.17, 15) is 0 Å². The molecule has 6 heteroatoms. The third kappa shape index (κ3) is 2.57. The molecule has 2 aromatic rings. The van der Waals surface area contributed by atoms with E-state index in [0.717, 1.165) is 22.8 Å². The Hall–Kier alpha value is -1.59. The van der Waals surface area contributed by atoms with Gasteiger partial charge in [-0.15, -0.1) is 0 Å². The van der Waals surface area contributed by atoms with Gasteiger partial charge in [0.15, 0.2) is 5.11 Å². The summed E-state index contributed by atoms with van der Waals surface area (Å²) < 4.78 is 1.81. The molecule has 100 valence electrons. The molecule has 0 amide bonds. The maximum atomic E-state index is 5.91. The highest BCUT2D eigenvalue weighted by molar-refractivity contribution is 7.80. The highest BCUT2D eigenvalue weighted by Gasteiger charge is 2.20. The largest absolute Gasteiger partial charge is 0.376 e. The van der Waals surface area contributed by atoms with E-state index in [-0.39, 0.29) is 5.11 Å². The molecule has 0 fully saturated rings. The molecule has 0 aliphatic heterocycles. The van der Waals surface area contributed by atoms with E-state index in [1.165, 1.54) is 0 Å². The van der Waals surface area contributed by atoms with Crippen LogP contribution in [0.1, 0.15) is 11.4 Å². The Morgan fingerprint density at radius 2 is 1.89 bits per heavy atom. The van der Waals surface area contributed by atoms with Crippen molar-refractivity contribution in [2.24, 2.45) is 12.8 Å². The van der Waals surface area contributed by atoms with Crippen LogP contribution in [0, 0.1) is 13.8 Å². The monoisotopic (exact) mass is 294 g/mol. The van der Waals surface area contributed by atoms with Crippen LogP contribution in [0.5, 0.6) is 0 Å². The van der Waals surface area contributed by atoms with Crippen molar-refractivity contribution in [1.29, 1.82) is 0 Å². The predicted molar refractivity (Wildman–Crippen MR) is 83.1 cm³/mol. The molecule has 0 unspecified atom stereocenters. The molecular formula is C13H15ClN4S. The molecule has 2 rings (SSSR count). The second kappa shape index (κ2) is 5.19. The van der Waals surface area contributed by atoms with Gasteiger partial charge in [-0.1, -0.05) is 11.6 Å². The number of benzene rings is 1. The first-order chi connectivity index (χ1) is 8.91. The van der Waals surface area contributed by atoms with E-state index >= 15 is 0 Å². The maximum absolute atomic E-state index is 5.91. The zero-order valence-electron chi connectivity index (χ0n) is 11.0. The number of aryl methyl sites for hydroxylation is 2. The Morgan fingerprint density at radius 1 is 1.32 bits per heavy atom. The van der Waals surface area contributed by atoms with Crippen molar-refractivity contribution in [3.8, 4) is 0 Å². The summed E-state index contributed by atoms with van der Waals surface area (Å²) in [6.45, 7) is 3.92. The Labute approximate surface area is 122 Å². The Bertz CT molecular complexity index is 618. The van der Waals surface area contributed by atoms with Gasteiger partial charge in [-0.25, -0.2) is 0 Å². The maximum Gasteiger partial charge on any atom is 0.175 e. The van der Waals surface area contributed by atoms with Crippen molar-refractivity contribution in [2.75, 3.05) is 4.90 Å². The molecule has 1 aromatic carbocycles. The third-order valence-corrected chi connectivity index (χ3v) is 3.43. The average Bonchev–Trinajstić information content (AvgIpc) is 2.58. The van der Waals surface area contributed by atoms with Crippen LogP contribution in [0.25, 0.3) is 0 Å². The lowest BCUT2D eigenvalue weighted by Crippen LogP contribution is -2.31. The molecule has 0 spiro atoms. The fourth-order valence-electron chi connectivity index (χ4n) is 2.04. The molecule has 0 aliphatic rings. The predicted octanol–water partition coefficient (Wildman–Crippen LogP) is 3.07. The van der Waals surface area contributed by atoms with Gasteiger partial charge in [0.1, 0.15) is 0 Å². The van der Waals surface area contributed by atoms with Crippen molar-refractivity contribution in [3.05, 3.63) is 40.7 Å². The molecule has 0 aliphatic carbocycles. The van der Waals surface area contributed by atoms with Gasteiger partial charge in [0.2, 0.25) is 0 Å². The van der Waals surface area contributed by atoms with Gasteiger partial charge in [0.25, 0.3) is 0 Å². The van der Waals surface area contributed by atoms with Gasteiger partial charge in [0.05, 0.1) is 17.1 Å². The van der Waals surface area contributed by atoms with Crippen LogP contribution < -0.4 is 10.6 Å². The first-order valence-electron chi connectivity index (χ1n) is 5.77. The van der Waals surface area contributed by atoms with E-state index in [0.29, 0.717) is 5.02 Å². The lowest BCUT2D eigenvalue weighted by atomic mass is 10.2. The number of rotatable bonds is 2. The molecule has 0 saturated heterocycles. The molecule has 4 nitrogen and oxygen atoms in total. The minimum absolute atomic E-state index is 0.279. The number of nitrogens with two attached hydrogens (primary N) is 1. The normalized spacial score (nSPS) is 10.5. The SMILES string of the molecule is Cc1nn(C)c(C)c1N(C(N)=S)c1ccc(Cl)cc1. The highest BCUT2D eigenvalue weighted by Crippen LogP contribution is 2.31. The number of thiocarbonyl (C=S) groups is 1. The van der Waals surface area contributed by atoms with Crippen molar-refractivity contribution in [1.82, 2.24) is 9.78 Å². The van der Waals surface area contributed by atoms with E-state index in [4.69, 9.17) is 29.6 Å². The highest BCUT2D eigenvalue weighted by atomic mass is 35.5. The van der Waals surface area contributed by atoms with Gasteiger partial charge >= 0.3 is 0 Å². The summed E-state index contributed by atoms with van der Waals surface area (Å²) in [5.74, 6) is 0. The smallest absolute Gasteiger partial charge is 0.175 e. The number of anilines is 2. The lowest BCUT2D eigenvalue weighted by Gasteiger charge is -2.23. The third-order valence-electron chi connectivity index (χ3n) is 3.00. The zero-order chi connectivity index (χ0) is 14.2. The van der Waals surface area contributed by atoms with Crippen LogP contribution in [0.2, 0.25) is 5.02 Å². The van der Waals surface area contributed by atoms with Crippen LogP contribution in [-0.4, -0.2) is 14.9 Å². The van der Waals surface area contributed by atoms with Crippen molar-refractivity contribution in [2.45, 2.75) is 13.8 Å². The molecule has 0 atom stereocenters. The van der Waals surface area contributed by atoms with E-state index < -0.39 is 0 Å². The molecule has 0 radical (unpaired) electrons. The van der Waals surface area contributed by atoms with Crippen LogP contribution >= 0.6 is 23.8 Å². The van der Waals surface area contributed by atoms with Crippen molar-refractivity contribution >= 4 is 40.3 Å². The lowest BCUT2D eigenvalue weighted by molar-refractivity contribution is 0.731. The quantitative estimate of drug-likeness (QED) is 0.865. The van der Waals surface area contributed by atoms with Gasteiger partial charge in [-0.3, -0.25) is 9.58 Å². The summed E-state index contributed by atoms with van der Waals surface area (Å²) in [5.41, 5.74) is 9.54. The fourth-order valence-corrected chi connectivity index (χ4v) is 2.37. The minimum atomic E-state index is 0.279. The molecule has 1 aromatic heterocycles. The average molecular weight is 295 g/mol. The first-order valence-corrected chi connectivity index (χ1v) is 6.55. The molecule has 19 heavy (non-hydrogen) atoms. The summed E-state index contributed by atoms with van der Waals surface area (Å²) >= 11 is 11.1. The first kappa shape index (κ1) is 13.8. The molecular weight excluding hydrogens is 280 g/mol. The molecule has 0 bridgehead atoms. The van der Waals surface area contributed by atoms with Crippen LogP contribution in [0.15, 0.2) is 24.3 Å². The standard InChI is InChI=1S/C13H15ClN4S/c1-8-12(9(2)17(3)16-8)18(13(15)19)11-6-4-10(14)5-7-11/h4-7H,1-3H3,(H2,15,19). The number of nitrogens with zero attached hydrogens (tertiary/aromatic N) is 3. The van der Waals surface area contributed by atoms with Crippen molar-refractivity contribution in [3.63, 3.8) is 0 Å². The minimum Gasteiger partial charge on any atom is -0.376 e. The van der Waals surface area contributed by atoms with Gasteiger partial charge in [0, 0.05) is 17.8 Å². The molecule has 0 saturated carbocycles. The zero-order valence-corrected chi connectivity index (χ0v) is 12.6. The van der Waals surface area contributed by atoms with Gasteiger partial charge in [-0.05, 0) is 50.3 Å². The van der Waals surface area contributed by atoms with Crippen LogP contribution in [0.4, 0.5) is 11.4 Å². The van der Waals surface area contributed by atoms with E-state index in [1.54, 1.807) is 0 Å². The van der Waals surface area contributed by atoms with Gasteiger partial charge < -0.3 is 5.73 Å². The van der Waals surface area contributed by atoms with Gasteiger partial charge in [-0.2, -0.15) is 5.10 Å². The molecule has 1 heterocycles. The summed E-state index contributed by atoms with van der Waals surface area (Å²) in [5, 5.41) is 5.34. The Kier molecular flexibility index (Phi) is 3.78. The summed E-state index contributed by atoms with van der Waals surface area (Å²) in [7, 11) is 1.89. The summed E-state index contributed by atoms with van der Waals surface area (Å²) in [6, 6.07) is 7.38. The number of hydrogen-bond donors (Lipinski definition) is 1. The summed E-state index contributed by atoms with van der Waals surface area (Å²) in [4.78, 5) is 1.81. The van der Waals surface area contributed by atoms with E-state index in [2.05, 4.69) is 5.10 Å². The second-order valence-corrected chi connectivity index (χ2v) is 5.15. The van der Waals surface area contributed by atoms with E-state index in [1.807, 2.05) is 54.7 Å². The molecule has 2 N–H and O–H groups in total. The number of halogens is 1. The fraction of sp³-hybridized carbons (Fsp3) is 0.231. The number of hydrogen-bond acceptors (Lipinski definition) is 2. The van der Waals surface area contributed by atoms with Crippen LogP contribution in [0.3, 0.4) is 0 Å². The topological polar surface area (TPSA) is 47.1 Å². The Morgan fingerprint density at radius 3 is 2.32 bits per heavy atom. The second-order valence-electron chi connectivity index (χ2n) is 4.29. The number of aromatic nitrogens is 2. The van der Waals surface area contributed by atoms with Crippen molar-refractivity contribution < 1.29 is 0 Å². The summed E-state index contributed by atoms with van der Waals surface area (Å²) in [6.07, 6.45) is 0. The van der Waals surface area contributed by atoms with Crippen LogP contribution in [-0.2, 0) is 7.05 Å². The Balaban J connectivity index is 2.58.